The molecule has 0 radical (unpaired) electrons. The van der Waals surface area contributed by atoms with E-state index in [0.29, 0.717) is 25.9 Å². The van der Waals surface area contributed by atoms with Gasteiger partial charge in [-0.25, -0.2) is 0 Å². The maximum absolute atomic E-state index is 13.3. The van der Waals surface area contributed by atoms with Crippen LogP contribution in [0.3, 0.4) is 0 Å². The molecule has 0 spiro atoms. The fourth-order valence-electron chi connectivity index (χ4n) is 4.06. The molecule has 0 bridgehead atoms. The first kappa shape index (κ1) is 25.2. The summed E-state index contributed by atoms with van der Waals surface area (Å²) in [5.74, 6) is 0.0934. The van der Waals surface area contributed by atoms with Crippen LogP contribution in [0.5, 0.6) is 0 Å². The molecule has 1 aliphatic rings. The lowest BCUT2D eigenvalue weighted by molar-refractivity contribution is -0.135. The molecule has 1 aromatic heterocycles. The summed E-state index contributed by atoms with van der Waals surface area (Å²) < 4.78 is 5.85. The summed E-state index contributed by atoms with van der Waals surface area (Å²) in [5, 5.41) is 5.00. The lowest BCUT2D eigenvalue weighted by Gasteiger charge is -2.30. The molecule has 2 heterocycles. The summed E-state index contributed by atoms with van der Waals surface area (Å²) in [6.07, 6.45) is 2.95. The molecule has 7 heteroatoms. The van der Waals surface area contributed by atoms with E-state index in [9.17, 15) is 9.59 Å². The lowest BCUT2D eigenvalue weighted by Crippen LogP contribution is -2.38. The van der Waals surface area contributed by atoms with Crippen molar-refractivity contribution >= 4 is 34.5 Å². The maximum atomic E-state index is 13.3. The van der Waals surface area contributed by atoms with Crippen molar-refractivity contribution in [3.63, 3.8) is 0 Å². The third-order valence-corrected chi connectivity index (χ3v) is 6.48. The van der Waals surface area contributed by atoms with Gasteiger partial charge >= 0.3 is 0 Å². The highest BCUT2D eigenvalue weighted by molar-refractivity contribution is 7.10. The van der Waals surface area contributed by atoms with Gasteiger partial charge in [-0.3, -0.25) is 9.59 Å². The van der Waals surface area contributed by atoms with E-state index in [0.717, 1.165) is 41.3 Å². The highest BCUT2D eigenvalue weighted by atomic mass is 32.1. The molecule has 3 rings (SSSR count). The van der Waals surface area contributed by atoms with Crippen LogP contribution in [0.2, 0.25) is 0 Å². The fourth-order valence-corrected chi connectivity index (χ4v) is 4.77. The molecule has 180 valence electrons. The first-order valence-corrected chi connectivity index (χ1v) is 12.5. The zero-order valence-corrected chi connectivity index (χ0v) is 21.3. The summed E-state index contributed by atoms with van der Waals surface area (Å²) in [6, 6.07) is 9.85. The molecular formula is C26H37N3O3S. The Balaban J connectivity index is 1.80. The van der Waals surface area contributed by atoms with Crippen LogP contribution in [0.15, 0.2) is 35.7 Å². The average Bonchev–Trinajstić information content (AvgIpc) is 3.40. The van der Waals surface area contributed by atoms with Gasteiger partial charge in [0.1, 0.15) is 0 Å². The van der Waals surface area contributed by atoms with Crippen LogP contribution in [0.4, 0.5) is 11.4 Å². The van der Waals surface area contributed by atoms with Gasteiger partial charge in [0.2, 0.25) is 11.8 Å². The maximum Gasteiger partial charge on any atom is 0.229 e. The third kappa shape index (κ3) is 7.86. The van der Waals surface area contributed by atoms with Crippen molar-refractivity contribution in [2.45, 2.75) is 59.1 Å². The van der Waals surface area contributed by atoms with Crippen molar-refractivity contribution in [2.24, 2.45) is 5.41 Å². The monoisotopic (exact) mass is 471 g/mol. The molecule has 1 saturated heterocycles. The minimum absolute atomic E-state index is 0.0407. The zero-order chi connectivity index (χ0) is 24.0. The zero-order valence-electron chi connectivity index (χ0n) is 20.5. The van der Waals surface area contributed by atoms with Gasteiger partial charge in [-0.2, -0.15) is 0 Å². The number of ether oxygens (including phenoxy) is 1. The van der Waals surface area contributed by atoms with Crippen molar-refractivity contribution in [2.75, 3.05) is 37.5 Å². The molecule has 1 aliphatic heterocycles. The van der Waals surface area contributed by atoms with E-state index in [2.05, 4.69) is 26.1 Å². The molecule has 1 atom stereocenters. The van der Waals surface area contributed by atoms with Crippen LogP contribution >= 0.6 is 11.3 Å². The molecular weight excluding hydrogens is 434 g/mol. The Morgan fingerprint density at radius 1 is 1.21 bits per heavy atom. The number of hydrogen-bond acceptors (Lipinski definition) is 5. The Bertz CT molecular complexity index is 929. The number of nitrogens with one attached hydrogen (secondary N) is 1. The summed E-state index contributed by atoms with van der Waals surface area (Å²) in [6.45, 7) is 8.10. The van der Waals surface area contributed by atoms with Gasteiger partial charge in [-0.15, -0.1) is 11.3 Å². The molecule has 1 N–H and O–H groups in total. The van der Waals surface area contributed by atoms with Gasteiger partial charge in [-0.1, -0.05) is 26.8 Å². The summed E-state index contributed by atoms with van der Waals surface area (Å²) in [4.78, 5) is 30.8. The number of hydrogen-bond donors (Lipinski definition) is 1. The normalized spacial score (nSPS) is 16.0. The van der Waals surface area contributed by atoms with Crippen molar-refractivity contribution in [3.05, 3.63) is 46.2 Å². The van der Waals surface area contributed by atoms with Crippen LogP contribution in [0.1, 0.15) is 50.5 Å². The van der Waals surface area contributed by atoms with Crippen molar-refractivity contribution in [1.29, 1.82) is 0 Å². The minimum Gasteiger partial charge on any atom is -0.377 e. The number of benzene rings is 1. The number of thiophene rings is 1. The van der Waals surface area contributed by atoms with Gasteiger partial charge in [0.05, 0.1) is 12.5 Å². The number of anilines is 2. The van der Waals surface area contributed by atoms with Crippen molar-refractivity contribution in [1.82, 2.24) is 4.90 Å². The minimum atomic E-state index is -0.0894. The molecule has 33 heavy (non-hydrogen) atoms. The lowest BCUT2D eigenvalue weighted by atomic mass is 9.91. The molecule has 0 saturated carbocycles. The topological polar surface area (TPSA) is 61.9 Å². The van der Waals surface area contributed by atoms with Crippen LogP contribution in [-0.2, 0) is 27.3 Å². The number of amides is 2. The van der Waals surface area contributed by atoms with E-state index in [1.165, 1.54) is 0 Å². The van der Waals surface area contributed by atoms with E-state index in [4.69, 9.17) is 4.74 Å². The molecule has 2 aromatic rings. The van der Waals surface area contributed by atoms with Crippen LogP contribution < -0.4 is 10.2 Å². The Kier molecular flexibility index (Phi) is 8.54. The molecule has 0 aliphatic carbocycles. The second-order valence-corrected chi connectivity index (χ2v) is 11.2. The summed E-state index contributed by atoms with van der Waals surface area (Å²) in [7, 11) is 3.99. The molecule has 6 nitrogen and oxygen atoms in total. The van der Waals surface area contributed by atoms with Gasteiger partial charge in [0.15, 0.2) is 0 Å². The van der Waals surface area contributed by atoms with Crippen LogP contribution in [-0.4, -0.2) is 50.1 Å². The highest BCUT2D eigenvalue weighted by Gasteiger charge is 2.26. The van der Waals surface area contributed by atoms with Gasteiger partial charge in [0.25, 0.3) is 0 Å². The Morgan fingerprint density at radius 3 is 2.61 bits per heavy atom. The van der Waals surface area contributed by atoms with Crippen LogP contribution in [0.25, 0.3) is 0 Å². The highest BCUT2D eigenvalue weighted by Crippen LogP contribution is 2.28. The SMILES string of the molecule is CN(C)c1ccc(NC(=O)Cc2cccs2)cc1CN(CC1CCCO1)C(=O)CC(C)(C)C. The fraction of sp³-hybridized carbons (Fsp3) is 0.538. The van der Waals surface area contributed by atoms with Gasteiger partial charge < -0.3 is 19.9 Å². The van der Waals surface area contributed by atoms with Crippen LogP contribution in [0, 0.1) is 5.41 Å². The quantitative estimate of drug-likeness (QED) is 0.563. The number of carbonyl (C=O) groups excluding carboxylic acids is 2. The molecule has 1 fully saturated rings. The average molecular weight is 472 g/mol. The van der Waals surface area contributed by atoms with E-state index in [1.807, 2.05) is 59.6 Å². The standard InChI is InChI=1S/C26H37N3O3S/c1-26(2,3)16-25(31)29(18-21-8-6-12-32-21)17-19-14-20(10-11-23(19)28(4)5)27-24(30)15-22-9-7-13-33-22/h7,9-11,13-14,21H,6,8,12,15-18H2,1-5H3,(H,27,30). The van der Waals surface area contributed by atoms with Crippen molar-refractivity contribution < 1.29 is 14.3 Å². The summed E-state index contributed by atoms with van der Waals surface area (Å²) in [5.41, 5.74) is 2.70. The second kappa shape index (κ2) is 11.2. The first-order chi connectivity index (χ1) is 15.6. The van der Waals surface area contributed by atoms with Gasteiger partial charge in [-0.05, 0) is 53.5 Å². The predicted molar refractivity (Wildman–Crippen MR) is 136 cm³/mol. The summed E-state index contributed by atoms with van der Waals surface area (Å²) >= 11 is 1.58. The Labute approximate surface area is 201 Å². The second-order valence-electron chi connectivity index (χ2n) is 10.2. The first-order valence-electron chi connectivity index (χ1n) is 11.6. The molecule has 1 unspecified atom stereocenters. The number of nitrogens with zero attached hydrogens (tertiary/aromatic N) is 2. The largest absolute Gasteiger partial charge is 0.377 e. The van der Waals surface area contributed by atoms with E-state index >= 15 is 0 Å². The molecule has 1 aromatic carbocycles. The number of carbonyl (C=O) groups is 2. The smallest absolute Gasteiger partial charge is 0.229 e. The van der Waals surface area contributed by atoms with Gasteiger partial charge in [0, 0.05) is 56.5 Å². The third-order valence-electron chi connectivity index (χ3n) is 5.60. The van der Waals surface area contributed by atoms with E-state index in [-0.39, 0.29) is 23.3 Å². The van der Waals surface area contributed by atoms with E-state index < -0.39 is 0 Å². The van der Waals surface area contributed by atoms with E-state index in [1.54, 1.807) is 11.3 Å². The Morgan fingerprint density at radius 2 is 2.00 bits per heavy atom. The number of rotatable bonds is 9. The molecule has 2 amide bonds. The Hall–Kier alpha value is -2.38. The van der Waals surface area contributed by atoms with Crippen molar-refractivity contribution in [3.8, 4) is 0 Å². The predicted octanol–water partition coefficient (Wildman–Crippen LogP) is 4.94.